The topological polar surface area (TPSA) is 47.3 Å². The van der Waals surface area contributed by atoms with Crippen molar-refractivity contribution in [1.29, 1.82) is 0 Å². The van der Waals surface area contributed by atoms with Crippen molar-refractivity contribution in [2.45, 2.75) is 31.4 Å². The van der Waals surface area contributed by atoms with Crippen molar-refractivity contribution in [2.24, 2.45) is 0 Å². The van der Waals surface area contributed by atoms with E-state index in [0.29, 0.717) is 21.8 Å². The second-order valence-electron chi connectivity index (χ2n) is 4.31. The van der Waals surface area contributed by atoms with Gasteiger partial charge in [0.2, 0.25) is 0 Å². The smallest absolute Gasteiger partial charge is 0.0772 e. The van der Waals surface area contributed by atoms with Crippen molar-refractivity contribution in [2.75, 3.05) is 18.2 Å². The van der Waals surface area contributed by atoms with Crippen LogP contribution in [0.2, 0.25) is 10.0 Å². The first-order chi connectivity index (χ1) is 8.11. The molecule has 0 saturated heterocycles. The zero-order valence-corrected chi connectivity index (χ0v) is 11.2. The van der Waals surface area contributed by atoms with E-state index >= 15 is 0 Å². The second kappa shape index (κ2) is 5.34. The maximum absolute atomic E-state index is 5.98. The summed E-state index contributed by atoms with van der Waals surface area (Å²) in [5.41, 5.74) is 7.35. The molecule has 2 rings (SSSR count). The molecule has 0 amide bonds. The van der Waals surface area contributed by atoms with Gasteiger partial charge < -0.3 is 15.8 Å². The standard InChI is InChI=1S/C12H16Cl2N2O/c1-17-12-4-2-3-10(12)16-11-6-8(14)7(13)5-9(11)15/h5-6,10,12,16H,2-4,15H2,1H3. The molecule has 5 heteroatoms. The van der Waals surface area contributed by atoms with E-state index in [9.17, 15) is 0 Å². The van der Waals surface area contributed by atoms with Gasteiger partial charge in [-0.25, -0.2) is 0 Å². The number of halogens is 2. The van der Waals surface area contributed by atoms with Crippen LogP contribution >= 0.6 is 23.2 Å². The first-order valence-electron chi connectivity index (χ1n) is 5.65. The molecule has 1 fully saturated rings. The lowest BCUT2D eigenvalue weighted by Crippen LogP contribution is -2.30. The molecule has 1 saturated carbocycles. The van der Waals surface area contributed by atoms with E-state index in [2.05, 4.69) is 5.32 Å². The molecular formula is C12H16Cl2N2O. The first kappa shape index (κ1) is 12.8. The van der Waals surface area contributed by atoms with Crippen molar-refractivity contribution < 1.29 is 4.74 Å². The van der Waals surface area contributed by atoms with Crippen LogP contribution < -0.4 is 11.1 Å². The number of hydrogen-bond donors (Lipinski definition) is 2. The van der Waals surface area contributed by atoms with Crippen LogP contribution in [0.4, 0.5) is 11.4 Å². The van der Waals surface area contributed by atoms with Gasteiger partial charge in [0, 0.05) is 7.11 Å². The summed E-state index contributed by atoms with van der Waals surface area (Å²) in [4.78, 5) is 0. The molecule has 2 atom stereocenters. The highest BCUT2D eigenvalue weighted by molar-refractivity contribution is 6.42. The van der Waals surface area contributed by atoms with Gasteiger partial charge in [-0.3, -0.25) is 0 Å². The highest BCUT2D eigenvalue weighted by atomic mass is 35.5. The summed E-state index contributed by atoms with van der Waals surface area (Å²) in [7, 11) is 1.74. The third-order valence-electron chi connectivity index (χ3n) is 3.19. The van der Waals surface area contributed by atoms with Crippen LogP contribution in [-0.4, -0.2) is 19.3 Å². The molecule has 3 nitrogen and oxygen atoms in total. The minimum Gasteiger partial charge on any atom is -0.397 e. The predicted molar refractivity (Wildman–Crippen MR) is 72.9 cm³/mol. The summed E-state index contributed by atoms with van der Waals surface area (Å²) in [5.74, 6) is 0. The van der Waals surface area contributed by atoms with Crippen LogP contribution in [0.3, 0.4) is 0 Å². The number of benzene rings is 1. The Balaban J connectivity index is 2.15. The van der Waals surface area contributed by atoms with Gasteiger partial charge in [-0.1, -0.05) is 23.2 Å². The van der Waals surface area contributed by atoms with Gasteiger partial charge in [-0.2, -0.15) is 0 Å². The largest absolute Gasteiger partial charge is 0.397 e. The van der Waals surface area contributed by atoms with E-state index < -0.39 is 0 Å². The Morgan fingerprint density at radius 3 is 2.71 bits per heavy atom. The first-order valence-corrected chi connectivity index (χ1v) is 6.41. The Morgan fingerprint density at radius 2 is 2.00 bits per heavy atom. The average molecular weight is 275 g/mol. The quantitative estimate of drug-likeness (QED) is 0.829. The number of nitrogens with two attached hydrogens (primary N) is 1. The minimum atomic E-state index is 0.240. The number of nitrogen functional groups attached to an aromatic ring is 1. The number of ether oxygens (including phenoxy) is 1. The molecule has 1 aromatic carbocycles. The van der Waals surface area contributed by atoms with Gasteiger partial charge >= 0.3 is 0 Å². The number of rotatable bonds is 3. The molecule has 0 aliphatic heterocycles. The van der Waals surface area contributed by atoms with Gasteiger partial charge in [0.1, 0.15) is 0 Å². The highest BCUT2D eigenvalue weighted by Gasteiger charge is 2.27. The van der Waals surface area contributed by atoms with Crippen LogP contribution in [0.5, 0.6) is 0 Å². The molecule has 1 aliphatic carbocycles. The summed E-state index contributed by atoms with van der Waals surface area (Å²) in [6, 6.07) is 3.73. The Hall–Kier alpha value is -0.640. The number of hydrogen-bond acceptors (Lipinski definition) is 3. The van der Waals surface area contributed by atoms with E-state index in [1.807, 2.05) is 0 Å². The van der Waals surface area contributed by atoms with Crippen molar-refractivity contribution in [3.8, 4) is 0 Å². The van der Waals surface area contributed by atoms with Crippen LogP contribution in [0, 0.1) is 0 Å². The highest BCUT2D eigenvalue weighted by Crippen LogP contribution is 2.33. The molecule has 3 N–H and O–H groups in total. The monoisotopic (exact) mass is 274 g/mol. The SMILES string of the molecule is COC1CCCC1Nc1cc(Cl)c(Cl)cc1N. The third-order valence-corrected chi connectivity index (χ3v) is 3.91. The lowest BCUT2D eigenvalue weighted by Gasteiger charge is -2.22. The van der Waals surface area contributed by atoms with Crippen LogP contribution in [-0.2, 0) is 4.74 Å². The molecule has 0 heterocycles. The molecule has 1 aromatic rings. The Morgan fingerprint density at radius 1 is 1.29 bits per heavy atom. The van der Waals surface area contributed by atoms with Crippen molar-refractivity contribution in [1.82, 2.24) is 0 Å². The summed E-state index contributed by atoms with van der Waals surface area (Å²) < 4.78 is 5.43. The number of methoxy groups -OCH3 is 1. The maximum atomic E-state index is 5.98. The molecule has 2 unspecified atom stereocenters. The molecule has 94 valence electrons. The normalized spacial score (nSPS) is 23.9. The van der Waals surface area contributed by atoms with Gasteiger partial charge in [-0.05, 0) is 31.4 Å². The summed E-state index contributed by atoms with van der Waals surface area (Å²) >= 11 is 11.9. The summed E-state index contributed by atoms with van der Waals surface area (Å²) in [6.45, 7) is 0. The molecule has 17 heavy (non-hydrogen) atoms. The zero-order chi connectivity index (χ0) is 12.4. The van der Waals surface area contributed by atoms with E-state index in [1.54, 1.807) is 19.2 Å². The van der Waals surface area contributed by atoms with Crippen molar-refractivity contribution in [3.63, 3.8) is 0 Å². The lowest BCUT2D eigenvalue weighted by atomic mass is 10.2. The van der Waals surface area contributed by atoms with E-state index in [-0.39, 0.29) is 6.10 Å². The van der Waals surface area contributed by atoms with E-state index in [0.717, 1.165) is 24.9 Å². The average Bonchev–Trinajstić information content (AvgIpc) is 2.73. The molecular weight excluding hydrogens is 259 g/mol. The lowest BCUT2D eigenvalue weighted by molar-refractivity contribution is 0.101. The molecule has 0 spiro atoms. The van der Waals surface area contributed by atoms with Crippen LogP contribution in [0.1, 0.15) is 19.3 Å². The van der Waals surface area contributed by atoms with Gasteiger partial charge in [-0.15, -0.1) is 0 Å². The molecule has 1 aliphatic rings. The van der Waals surface area contributed by atoms with Crippen molar-refractivity contribution >= 4 is 34.6 Å². The van der Waals surface area contributed by atoms with E-state index in [4.69, 9.17) is 33.7 Å². The fourth-order valence-electron chi connectivity index (χ4n) is 2.26. The Labute approximate surface area is 111 Å². The fourth-order valence-corrected chi connectivity index (χ4v) is 2.60. The minimum absolute atomic E-state index is 0.240. The van der Waals surface area contributed by atoms with Crippen molar-refractivity contribution in [3.05, 3.63) is 22.2 Å². The predicted octanol–water partition coefficient (Wildman–Crippen LogP) is 3.56. The van der Waals surface area contributed by atoms with Gasteiger partial charge in [0.05, 0.1) is 33.6 Å². The van der Waals surface area contributed by atoms with Gasteiger partial charge in [0.25, 0.3) is 0 Å². The third kappa shape index (κ3) is 2.79. The molecule has 0 radical (unpaired) electrons. The molecule has 0 aromatic heterocycles. The van der Waals surface area contributed by atoms with Gasteiger partial charge in [0.15, 0.2) is 0 Å². The summed E-state index contributed by atoms with van der Waals surface area (Å²) in [6.07, 6.45) is 3.56. The summed E-state index contributed by atoms with van der Waals surface area (Å²) in [5, 5.41) is 4.37. The Kier molecular flexibility index (Phi) is 4.02. The fraction of sp³-hybridized carbons (Fsp3) is 0.500. The number of nitrogens with one attached hydrogen (secondary N) is 1. The van der Waals surface area contributed by atoms with Crippen LogP contribution in [0.15, 0.2) is 12.1 Å². The van der Waals surface area contributed by atoms with E-state index in [1.165, 1.54) is 0 Å². The number of anilines is 2. The molecule has 0 bridgehead atoms. The zero-order valence-electron chi connectivity index (χ0n) is 9.67. The second-order valence-corrected chi connectivity index (χ2v) is 5.12. The van der Waals surface area contributed by atoms with Crippen LogP contribution in [0.25, 0.3) is 0 Å². The maximum Gasteiger partial charge on any atom is 0.0772 e. The Bertz CT molecular complexity index is 412.